The van der Waals surface area contributed by atoms with Crippen molar-refractivity contribution in [2.24, 2.45) is 17.6 Å². The van der Waals surface area contributed by atoms with E-state index < -0.39 is 73.1 Å². The van der Waals surface area contributed by atoms with Gasteiger partial charge in [0.1, 0.15) is 17.4 Å². The molecule has 11 nitrogen and oxygen atoms in total. The highest BCUT2D eigenvalue weighted by atomic mass is 32.2. The zero-order valence-corrected chi connectivity index (χ0v) is 18.9. The largest absolute Gasteiger partial charge is 0.511 e. The molecule has 1 saturated heterocycles. The number of rotatable bonds is 5. The summed E-state index contributed by atoms with van der Waals surface area (Å²) in [6, 6.07) is 2.86. The number of aromatic nitrogens is 2. The quantitative estimate of drug-likeness (QED) is 0.329. The molecule has 3 atom stereocenters. The average molecular weight is 526 g/mol. The minimum Gasteiger partial charge on any atom is -0.449 e. The molecule has 1 aromatic carbocycles. The summed E-state index contributed by atoms with van der Waals surface area (Å²) in [4.78, 5) is 30.1. The first-order chi connectivity index (χ1) is 16.9. The number of hydrogen-bond donors (Lipinski definition) is 3. The number of halogens is 3. The zero-order chi connectivity index (χ0) is 26.1. The molecule has 5 rings (SSSR count). The average Bonchev–Trinajstić information content (AvgIpc) is 3.16. The summed E-state index contributed by atoms with van der Waals surface area (Å²) in [6.07, 6.45) is -2.04. The molecule has 0 amide bonds. The molecular weight excluding hydrogens is 509 g/mol. The number of carbonyl (C=O) groups is 1. The summed E-state index contributed by atoms with van der Waals surface area (Å²) in [5, 5.41) is 8.55. The van der Waals surface area contributed by atoms with E-state index in [0.29, 0.717) is 23.7 Å². The highest BCUT2D eigenvalue weighted by molar-refractivity contribution is 7.85. The number of benzene rings is 1. The molecule has 3 aromatic rings. The molecule has 3 heterocycles. The van der Waals surface area contributed by atoms with Gasteiger partial charge in [-0.2, -0.15) is 8.42 Å². The maximum absolute atomic E-state index is 15.1. The first-order valence-electron chi connectivity index (χ1n) is 10.5. The van der Waals surface area contributed by atoms with E-state index in [9.17, 15) is 31.3 Å². The molecule has 0 bridgehead atoms. The van der Waals surface area contributed by atoms with Crippen LogP contribution in [-0.4, -0.2) is 52.9 Å². The first-order valence-corrected chi connectivity index (χ1v) is 12.1. The van der Waals surface area contributed by atoms with Crippen molar-refractivity contribution in [1.82, 2.24) is 9.55 Å². The Morgan fingerprint density at radius 1 is 1.17 bits per heavy atom. The van der Waals surface area contributed by atoms with Gasteiger partial charge < -0.3 is 20.5 Å². The molecule has 2 fully saturated rings. The molecule has 4 N–H and O–H groups in total. The van der Waals surface area contributed by atoms with E-state index in [4.69, 9.17) is 10.8 Å². The van der Waals surface area contributed by atoms with Crippen LogP contribution in [0.3, 0.4) is 0 Å². The van der Waals surface area contributed by atoms with Crippen molar-refractivity contribution in [3.8, 4) is 11.4 Å². The lowest BCUT2D eigenvalue weighted by molar-refractivity contribution is 0.143. The normalized spacial score (nSPS) is 21.0. The van der Waals surface area contributed by atoms with Crippen molar-refractivity contribution in [1.29, 1.82) is 0 Å². The van der Waals surface area contributed by atoms with E-state index in [0.717, 1.165) is 18.2 Å². The van der Waals surface area contributed by atoms with Crippen molar-refractivity contribution < 1.29 is 40.8 Å². The lowest BCUT2D eigenvalue weighted by Gasteiger charge is -2.23. The van der Waals surface area contributed by atoms with E-state index in [2.05, 4.69) is 9.72 Å². The van der Waals surface area contributed by atoms with Crippen LogP contribution < -0.4 is 20.8 Å². The van der Waals surface area contributed by atoms with Gasteiger partial charge in [0.15, 0.2) is 17.3 Å². The predicted octanol–water partition coefficient (Wildman–Crippen LogP) is 1.64. The number of piperidine rings is 1. The standard InChI is InChI=1S/C21H17F3N4O7S/c22-8-1-2-14(12(23)3-8)28-15(7-36(32,33)34)18(35-21(30)31)17(29)9-4-13(24)20(26-19(9)28)27-5-10-11(6-27)16(10)25/h1-4,10-11,16H,5-7,25H2,(H,30,31)(H,32,33,34)/t10-,11+,16?. The van der Waals surface area contributed by atoms with Crippen LogP contribution in [-0.2, 0) is 15.9 Å². The molecule has 0 radical (unpaired) electrons. The van der Waals surface area contributed by atoms with Crippen LogP contribution in [0.25, 0.3) is 16.7 Å². The topological polar surface area (TPSA) is 165 Å². The summed E-state index contributed by atoms with van der Waals surface area (Å²) in [5.41, 5.74) is 2.80. The van der Waals surface area contributed by atoms with E-state index in [1.54, 1.807) is 4.90 Å². The lowest BCUT2D eigenvalue weighted by atomic mass is 10.1. The van der Waals surface area contributed by atoms with Crippen molar-refractivity contribution in [3.05, 3.63) is 57.6 Å². The van der Waals surface area contributed by atoms with E-state index in [-0.39, 0.29) is 23.7 Å². The number of fused-ring (bicyclic) bond motifs is 2. The number of hydrogen-bond acceptors (Lipinski definition) is 8. The first kappa shape index (κ1) is 24.0. The van der Waals surface area contributed by atoms with Gasteiger partial charge in [-0.05, 0) is 30.0 Å². The maximum Gasteiger partial charge on any atom is 0.511 e. The Hall–Kier alpha value is -3.69. The molecule has 1 unspecified atom stereocenters. The summed E-state index contributed by atoms with van der Waals surface area (Å²) >= 11 is 0. The van der Waals surface area contributed by atoms with Gasteiger partial charge in [-0.15, -0.1) is 0 Å². The third-order valence-electron chi connectivity index (χ3n) is 6.35. The van der Waals surface area contributed by atoms with Crippen LogP contribution >= 0.6 is 0 Å². The Morgan fingerprint density at radius 3 is 2.42 bits per heavy atom. The van der Waals surface area contributed by atoms with Crippen molar-refractivity contribution in [3.63, 3.8) is 0 Å². The second-order valence-electron chi connectivity index (χ2n) is 8.61. The van der Waals surface area contributed by atoms with Crippen LogP contribution in [0, 0.1) is 29.3 Å². The van der Waals surface area contributed by atoms with Gasteiger partial charge in [0.25, 0.3) is 10.1 Å². The van der Waals surface area contributed by atoms with Gasteiger partial charge >= 0.3 is 6.16 Å². The second kappa shape index (κ2) is 8.18. The molecule has 190 valence electrons. The molecular formula is C21H17F3N4O7S. The molecule has 1 saturated carbocycles. The molecule has 2 aliphatic rings. The summed E-state index contributed by atoms with van der Waals surface area (Å²) in [6.45, 7) is 0.711. The summed E-state index contributed by atoms with van der Waals surface area (Å²) in [7, 11) is -4.97. The van der Waals surface area contributed by atoms with Crippen molar-refractivity contribution in [2.45, 2.75) is 11.8 Å². The smallest absolute Gasteiger partial charge is 0.449 e. The third kappa shape index (κ3) is 4.04. The third-order valence-corrected chi connectivity index (χ3v) is 6.99. The van der Waals surface area contributed by atoms with Gasteiger partial charge in [-0.1, -0.05) is 0 Å². The molecule has 1 aliphatic heterocycles. The van der Waals surface area contributed by atoms with Gasteiger partial charge in [0.05, 0.1) is 16.8 Å². The van der Waals surface area contributed by atoms with Crippen LogP contribution in [0.2, 0.25) is 0 Å². The minimum absolute atomic E-state index is 0.0339. The fraction of sp³-hybridized carbons (Fsp3) is 0.286. The minimum atomic E-state index is -4.97. The molecule has 0 spiro atoms. The Balaban J connectivity index is 1.86. The number of nitrogens with zero attached hydrogens (tertiary/aromatic N) is 3. The Bertz CT molecular complexity index is 1600. The zero-order valence-electron chi connectivity index (χ0n) is 18.1. The Morgan fingerprint density at radius 2 is 1.83 bits per heavy atom. The highest BCUT2D eigenvalue weighted by Gasteiger charge is 2.54. The summed E-state index contributed by atoms with van der Waals surface area (Å²) < 4.78 is 82.0. The fourth-order valence-electron chi connectivity index (χ4n) is 4.67. The number of pyridine rings is 2. The number of ether oxygens (including phenoxy) is 1. The lowest BCUT2D eigenvalue weighted by Crippen LogP contribution is -2.30. The second-order valence-corrected chi connectivity index (χ2v) is 10.1. The highest BCUT2D eigenvalue weighted by Crippen LogP contribution is 2.45. The van der Waals surface area contributed by atoms with Crippen LogP contribution in [0.5, 0.6) is 5.75 Å². The molecule has 36 heavy (non-hydrogen) atoms. The number of nitrogens with two attached hydrogens (primary N) is 1. The van der Waals surface area contributed by atoms with Crippen molar-refractivity contribution in [2.75, 3.05) is 18.0 Å². The van der Waals surface area contributed by atoms with Gasteiger partial charge in [-0.25, -0.2) is 22.9 Å². The van der Waals surface area contributed by atoms with Crippen molar-refractivity contribution >= 4 is 33.1 Å². The molecule has 15 heteroatoms. The number of carboxylic acid groups (broad SMARTS) is 1. The van der Waals surface area contributed by atoms with Gasteiger partial charge in [0.2, 0.25) is 11.2 Å². The Labute approximate surface area is 200 Å². The Kier molecular flexibility index (Phi) is 5.46. The molecule has 1 aliphatic carbocycles. The summed E-state index contributed by atoms with van der Waals surface area (Å²) in [5.74, 6) is -5.74. The van der Waals surface area contributed by atoms with E-state index >= 15 is 4.39 Å². The predicted molar refractivity (Wildman–Crippen MR) is 118 cm³/mol. The van der Waals surface area contributed by atoms with Crippen LogP contribution in [0.15, 0.2) is 29.1 Å². The SMILES string of the molecule is NC1[C@H]2CN(c3nc4c(cc3F)c(=O)c(OC(=O)O)c(CS(=O)(=O)O)n4-c3ccc(F)cc3F)C[C@@H]12. The van der Waals surface area contributed by atoms with Gasteiger partial charge in [-0.3, -0.25) is 13.9 Å². The van der Waals surface area contributed by atoms with Gasteiger partial charge in [0, 0.05) is 25.2 Å². The monoisotopic (exact) mass is 526 g/mol. The van der Waals surface area contributed by atoms with Crippen LogP contribution in [0.1, 0.15) is 5.69 Å². The van der Waals surface area contributed by atoms with Crippen LogP contribution in [0.4, 0.5) is 23.8 Å². The number of anilines is 1. The van der Waals surface area contributed by atoms with E-state index in [1.165, 1.54) is 0 Å². The fourth-order valence-corrected chi connectivity index (χ4v) is 5.28. The molecule has 2 aromatic heterocycles. The maximum atomic E-state index is 15.1. The van der Waals surface area contributed by atoms with E-state index in [1.807, 2.05) is 0 Å².